The normalized spacial score (nSPS) is 9.80. The molecular weight excluding hydrogens is 243 g/mol. The number of phenolic OH excluding ortho intramolecular Hbond substituents is 1. The van der Waals surface area contributed by atoms with Gasteiger partial charge in [-0.25, -0.2) is 0 Å². The van der Waals surface area contributed by atoms with Gasteiger partial charge in [-0.15, -0.1) is 0 Å². The molecule has 2 N–H and O–H groups in total. The number of phenols is 1. The Bertz CT molecular complexity index is 235. The molecule has 1 aromatic carbocycles. The zero-order valence-corrected chi connectivity index (χ0v) is 7.37. The molecule has 2 nitrogen and oxygen atoms in total. The molecule has 0 amide bonds. The SMILES string of the molecule is OCc1cc(O)ccc1I. The molecule has 0 bridgehead atoms. The van der Waals surface area contributed by atoms with Crippen LogP contribution >= 0.6 is 22.6 Å². The van der Waals surface area contributed by atoms with Gasteiger partial charge in [-0.05, 0) is 46.4 Å². The van der Waals surface area contributed by atoms with Crippen molar-refractivity contribution in [3.63, 3.8) is 0 Å². The fraction of sp³-hybridized carbons (Fsp3) is 0.143. The van der Waals surface area contributed by atoms with Gasteiger partial charge in [-0.1, -0.05) is 0 Å². The van der Waals surface area contributed by atoms with Gasteiger partial charge in [-0.2, -0.15) is 0 Å². The van der Waals surface area contributed by atoms with Gasteiger partial charge < -0.3 is 10.2 Å². The Balaban J connectivity index is 3.09. The van der Waals surface area contributed by atoms with Crippen LogP contribution in [0.2, 0.25) is 0 Å². The third kappa shape index (κ3) is 1.60. The van der Waals surface area contributed by atoms with Crippen molar-refractivity contribution in [2.45, 2.75) is 6.61 Å². The molecule has 1 aromatic rings. The van der Waals surface area contributed by atoms with Crippen LogP contribution in [0.1, 0.15) is 5.56 Å². The van der Waals surface area contributed by atoms with E-state index < -0.39 is 0 Å². The summed E-state index contributed by atoms with van der Waals surface area (Å²) in [7, 11) is 0. The molecule has 0 saturated carbocycles. The van der Waals surface area contributed by atoms with Crippen molar-refractivity contribution in [3.05, 3.63) is 27.3 Å². The smallest absolute Gasteiger partial charge is 0.116 e. The van der Waals surface area contributed by atoms with Crippen molar-refractivity contribution >= 4 is 22.6 Å². The van der Waals surface area contributed by atoms with Gasteiger partial charge in [0.15, 0.2) is 0 Å². The highest BCUT2D eigenvalue weighted by molar-refractivity contribution is 14.1. The van der Waals surface area contributed by atoms with Gasteiger partial charge >= 0.3 is 0 Å². The first-order valence-electron chi connectivity index (χ1n) is 2.82. The molecule has 0 atom stereocenters. The van der Waals surface area contributed by atoms with E-state index in [4.69, 9.17) is 10.2 Å². The summed E-state index contributed by atoms with van der Waals surface area (Å²) in [5.41, 5.74) is 0.764. The average molecular weight is 250 g/mol. The Morgan fingerprint density at radius 2 is 2.10 bits per heavy atom. The number of benzene rings is 1. The maximum absolute atomic E-state index is 8.95. The lowest BCUT2D eigenvalue weighted by molar-refractivity contribution is 0.280. The minimum atomic E-state index is -0.0212. The summed E-state index contributed by atoms with van der Waals surface area (Å²) in [4.78, 5) is 0. The molecule has 0 spiro atoms. The Morgan fingerprint density at radius 3 is 2.60 bits per heavy atom. The van der Waals surface area contributed by atoms with E-state index in [9.17, 15) is 0 Å². The second-order valence-corrected chi connectivity index (χ2v) is 3.10. The van der Waals surface area contributed by atoms with Crippen molar-refractivity contribution in [2.24, 2.45) is 0 Å². The van der Waals surface area contributed by atoms with Crippen molar-refractivity contribution < 1.29 is 10.2 Å². The van der Waals surface area contributed by atoms with Gasteiger partial charge in [0.2, 0.25) is 0 Å². The molecule has 54 valence electrons. The summed E-state index contributed by atoms with van der Waals surface area (Å²) in [6, 6.07) is 4.92. The Kier molecular flexibility index (Phi) is 2.50. The van der Waals surface area contributed by atoms with Gasteiger partial charge in [0.25, 0.3) is 0 Å². The molecule has 10 heavy (non-hydrogen) atoms. The Hall–Kier alpha value is -0.290. The van der Waals surface area contributed by atoms with Gasteiger partial charge in [0.05, 0.1) is 6.61 Å². The number of halogens is 1. The van der Waals surface area contributed by atoms with Crippen LogP contribution in [0.25, 0.3) is 0 Å². The lowest BCUT2D eigenvalue weighted by Crippen LogP contribution is -1.86. The number of rotatable bonds is 1. The highest BCUT2D eigenvalue weighted by Crippen LogP contribution is 2.17. The highest BCUT2D eigenvalue weighted by Gasteiger charge is 1.97. The van der Waals surface area contributed by atoms with E-state index in [2.05, 4.69) is 22.6 Å². The van der Waals surface area contributed by atoms with Gasteiger partial charge in [0, 0.05) is 3.57 Å². The largest absolute Gasteiger partial charge is 0.508 e. The van der Waals surface area contributed by atoms with Crippen molar-refractivity contribution in [1.82, 2.24) is 0 Å². The molecule has 0 radical (unpaired) electrons. The number of aliphatic hydroxyl groups is 1. The number of aromatic hydroxyl groups is 1. The maximum atomic E-state index is 8.95. The van der Waals surface area contributed by atoms with E-state index in [1.165, 1.54) is 0 Å². The second-order valence-electron chi connectivity index (χ2n) is 1.93. The Morgan fingerprint density at radius 1 is 1.40 bits per heavy atom. The second kappa shape index (κ2) is 3.21. The van der Waals surface area contributed by atoms with Crippen LogP contribution in [0.3, 0.4) is 0 Å². The summed E-state index contributed by atoms with van der Waals surface area (Å²) in [6.45, 7) is -0.0212. The first-order chi connectivity index (χ1) is 4.74. The molecule has 0 unspecified atom stereocenters. The summed E-state index contributed by atoms with van der Waals surface area (Å²) >= 11 is 2.11. The number of hydrogen-bond acceptors (Lipinski definition) is 2. The monoisotopic (exact) mass is 250 g/mol. The molecule has 3 heteroatoms. The van der Waals surface area contributed by atoms with E-state index in [0.717, 1.165) is 9.13 Å². The fourth-order valence-electron chi connectivity index (χ4n) is 0.682. The standard InChI is InChI=1S/C7H7IO2/c8-7-2-1-6(10)3-5(7)4-9/h1-3,9-10H,4H2. The zero-order valence-electron chi connectivity index (χ0n) is 5.21. The van der Waals surface area contributed by atoms with Crippen LogP contribution < -0.4 is 0 Å². The van der Waals surface area contributed by atoms with Crippen molar-refractivity contribution in [2.75, 3.05) is 0 Å². The maximum Gasteiger partial charge on any atom is 0.116 e. The molecular formula is C7H7IO2. The van der Waals surface area contributed by atoms with Gasteiger partial charge in [-0.3, -0.25) is 0 Å². The molecule has 0 aliphatic rings. The van der Waals surface area contributed by atoms with E-state index in [0.29, 0.717) is 0 Å². The van der Waals surface area contributed by atoms with Crippen LogP contribution in [0, 0.1) is 3.57 Å². The van der Waals surface area contributed by atoms with Crippen LogP contribution in [-0.2, 0) is 6.61 Å². The van der Waals surface area contributed by atoms with Crippen LogP contribution in [-0.4, -0.2) is 10.2 Å². The highest BCUT2D eigenvalue weighted by atomic mass is 127. The number of aliphatic hydroxyl groups excluding tert-OH is 1. The van der Waals surface area contributed by atoms with Crippen molar-refractivity contribution in [3.8, 4) is 5.75 Å². The minimum Gasteiger partial charge on any atom is -0.508 e. The van der Waals surface area contributed by atoms with Crippen LogP contribution in [0.5, 0.6) is 5.75 Å². The summed E-state index contributed by atoms with van der Waals surface area (Å²) in [5.74, 6) is 0.199. The molecule has 0 aliphatic heterocycles. The van der Waals surface area contributed by atoms with E-state index in [-0.39, 0.29) is 12.4 Å². The van der Waals surface area contributed by atoms with E-state index in [1.54, 1.807) is 18.2 Å². The summed E-state index contributed by atoms with van der Waals surface area (Å²) in [5, 5.41) is 17.7. The Labute approximate surface area is 72.6 Å². The van der Waals surface area contributed by atoms with E-state index >= 15 is 0 Å². The zero-order chi connectivity index (χ0) is 7.56. The predicted octanol–water partition coefficient (Wildman–Crippen LogP) is 1.49. The van der Waals surface area contributed by atoms with E-state index in [1.807, 2.05) is 0 Å². The minimum absolute atomic E-state index is 0.0212. The van der Waals surface area contributed by atoms with Gasteiger partial charge in [0.1, 0.15) is 5.75 Å². The lowest BCUT2D eigenvalue weighted by Gasteiger charge is -1.99. The first kappa shape index (κ1) is 7.81. The van der Waals surface area contributed by atoms with Crippen molar-refractivity contribution in [1.29, 1.82) is 0 Å². The summed E-state index contributed by atoms with van der Waals surface area (Å²) < 4.78 is 0.970. The predicted molar refractivity (Wildman–Crippen MR) is 46.7 cm³/mol. The molecule has 1 rings (SSSR count). The third-order valence-corrected chi connectivity index (χ3v) is 2.25. The van der Waals surface area contributed by atoms with Crippen LogP contribution in [0.4, 0.5) is 0 Å². The molecule has 0 heterocycles. The quantitative estimate of drug-likeness (QED) is 0.741. The topological polar surface area (TPSA) is 40.5 Å². The average Bonchev–Trinajstić information content (AvgIpc) is 1.94. The molecule has 0 aromatic heterocycles. The summed E-state index contributed by atoms with van der Waals surface area (Å²) in [6.07, 6.45) is 0. The first-order valence-corrected chi connectivity index (χ1v) is 3.90. The fourth-order valence-corrected chi connectivity index (χ4v) is 1.19. The molecule has 0 saturated heterocycles. The number of hydrogen-bond donors (Lipinski definition) is 2. The molecule has 0 fully saturated rings. The van der Waals surface area contributed by atoms with Crippen LogP contribution in [0.15, 0.2) is 18.2 Å². The molecule has 0 aliphatic carbocycles. The third-order valence-electron chi connectivity index (χ3n) is 1.20. The lowest BCUT2D eigenvalue weighted by atomic mass is 10.2.